The number of aldehydes is 1. The molecule has 0 spiro atoms. The number of hydrogen-bond donors (Lipinski definition) is 0. The zero-order valence-electron chi connectivity index (χ0n) is 11.2. The van der Waals surface area contributed by atoms with E-state index >= 15 is 0 Å². The van der Waals surface area contributed by atoms with Gasteiger partial charge >= 0.3 is 0 Å². The highest BCUT2D eigenvalue weighted by Gasteiger charge is 2.12. The summed E-state index contributed by atoms with van der Waals surface area (Å²) in [6, 6.07) is 10.1. The first-order chi connectivity index (χ1) is 9.35. The number of carbonyl (C=O) groups is 1. The third-order valence-electron chi connectivity index (χ3n) is 3.17. The second-order valence-electron chi connectivity index (χ2n) is 4.63. The Kier molecular flexibility index (Phi) is 4.84. The van der Waals surface area contributed by atoms with Crippen molar-refractivity contribution < 1.29 is 4.79 Å². The lowest BCUT2D eigenvalue weighted by Gasteiger charge is -2.06. The Balaban J connectivity index is 2.16. The van der Waals surface area contributed by atoms with E-state index in [9.17, 15) is 4.79 Å². The standard InChI is InChI=1S/C15H19N3O/c1-2-3-7-10-18-15(14(12-19)16-17-18)11-13-8-5-4-6-9-13/h4-6,8-9,12H,2-3,7,10-11H2,1H3. The number of benzene rings is 1. The molecule has 0 amide bonds. The van der Waals surface area contributed by atoms with Crippen LogP contribution in [0.4, 0.5) is 0 Å². The summed E-state index contributed by atoms with van der Waals surface area (Å²) in [6.07, 6.45) is 4.90. The maximum absolute atomic E-state index is 11.0. The third kappa shape index (κ3) is 3.50. The van der Waals surface area contributed by atoms with Gasteiger partial charge in [0.05, 0.1) is 5.69 Å². The van der Waals surface area contributed by atoms with Gasteiger partial charge in [0.2, 0.25) is 0 Å². The Bertz CT molecular complexity index is 519. The van der Waals surface area contributed by atoms with Crippen LogP contribution in [0.5, 0.6) is 0 Å². The highest BCUT2D eigenvalue weighted by Crippen LogP contribution is 2.12. The van der Waals surface area contributed by atoms with Crippen molar-refractivity contribution in [2.75, 3.05) is 0 Å². The predicted molar refractivity (Wildman–Crippen MR) is 74.2 cm³/mol. The zero-order chi connectivity index (χ0) is 13.5. The van der Waals surface area contributed by atoms with Crippen molar-refractivity contribution >= 4 is 6.29 Å². The van der Waals surface area contributed by atoms with Crippen molar-refractivity contribution in [3.05, 3.63) is 47.3 Å². The molecule has 2 aromatic rings. The van der Waals surface area contributed by atoms with E-state index in [2.05, 4.69) is 29.4 Å². The molecule has 1 heterocycles. The highest BCUT2D eigenvalue weighted by atomic mass is 16.1. The molecular formula is C15H19N3O. The van der Waals surface area contributed by atoms with Gasteiger partial charge in [-0.1, -0.05) is 55.3 Å². The van der Waals surface area contributed by atoms with Crippen molar-refractivity contribution in [2.24, 2.45) is 0 Å². The minimum atomic E-state index is 0.459. The molecule has 0 aliphatic heterocycles. The minimum absolute atomic E-state index is 0.459. The molecule has 0 bridgehead atoms. The summed E-state index contributed by atoms with van der Waals surface area (Å²) in [4.78, 5) is 11.0. The van der Waals surface area contributed by atoms with Crippen LogP contribution in [0.3, 0.4) is 0 Å². The van der Waals surface area contributed by atoms with Gasteiger partial charge < -0.3 is 0 Å². The largest absolute Gasteiger partial charge is 0.296 e. The second kappa shape index (κ2) is 6.83. The number of carbonyl (C=O) groups excluding carboxylic acids is 1. The lowest BCUT2D eigenvalue weighted by atomic mass is 10.1. The Hall–Kier alpha value is -1.97. The van der Waals surface area contributed by atoms with Gasteiger partial charge in [0, 0.05) is 13.0 Å². The summed E-state index contributed by atoms with van der Waals surface area (Å²) >= 11 is 0. The number of unbranched alkanes of at least 4 members (excludes halogenated alkanes) is 2. The van der Waals surface area contributed by atoms with Crippen molar-refractivity contribution in [1.29, 1.82) is 0 Å². The SMILES string of the molecule is CCCCCn1nnc(C=O)c1Cc1ccccc1. The molecule has 0 saturated carbocycles. The molecule has 0 aliphatic rings. The molecule has 0 unspecified atom stereocenters. The molecular weight excluding hydrogens is 238 g/mol. The molecule has 0 fully saturated rings. The molecule has 1 aromatic carbocycles. The van der Waals surface area contributed by atoms with Crippen molar-refractivity contribution in [3.63, 3.8) is 0 Å². The molecule has 0 atom stereocenters. The Morgan fingerprint density at radius 2 is 2.00 bits per heavy atom. The lowest BCUT2D eigenvalue weighted by Crippen LogP contribution is -2.07. The van der Waals surface area contributed by atoms with Crippen molar-refractivity contribution in [1.82, 2.24) is 15.0 Å². The van der Waals surface area contributed by atoms with Crippen LogP contribution in [0.15, 0.2) is 30.3 Å². The van der Waals surface area contributed by atoms with Crippen LogP contribution in [0.25, 0.3) is 0 Å². The molecule has 1 aromatic heterocycles. The van der Waals surface area contributed by atoms with Crippen LogP contribution in [-0.4, -0.2) is 21.3 Å². The molecule has 0 aliphatic carbocycles. The van der Waals surface area contributed by atoms with Gasteiger partial charge in [-0.2, -0.15) is 0 Å². The fourth-order valence-electron chi connectivity index (χ4n) is 2.10. The number of rotatable bonds is 7. The average Bonchev–Trinajstić information content (AvgIpc) is 2.83. The maximum Gasteiger partial charge on any atom is 0.172 e. The van der Waals surface area contributed by atoms with Gasteiger partial charge in [0.1, 0.15) is 5.69 Å². The summed E-state index contributed by atoms with van der Waals surface area (Å²) in [5.41, 5.74) is 2.54. The first-order valence-corrected chi connectivity index (χ1v) is 6.76. The van der Waals surface area contributed by atoms with E-state index in [0.29, 0.717) is 12.1 Å². The van der Waals surface area contributed by atoms with Gasteiger partial charge in [0.25, 0.3) is 0 Å². The molecule has 2 rings (SSSR count). The van der Waals surface area contributed by atoms with E-state index in [1.54, 1.807) is 0 Å². The fourth-order valence-corrected chi connectivity index (χ4v) is 2.10. The first-order valence-electron chi connectivity index (χ1n) is 6.76. The number of nitrogens with zero attached hydrogens (tertiary/aromatic N) is 3. The fraction of sp³-hybridized carbons (Fsp3) is 0.400. The van der Waals surface area contributed by atoms with Crippen LogP contribution >= 0.6 is 0 Å². The van der Waals surface area contributed by atoms with Crippen LogP contribution < -0.4 is 0 Å². The minimum Gasteiger partial charge on any atom is -0.296 e. The van der Waals surface area contributed by atoms with E-state index < -0.39 is 0 Å². The van der Waals surface area contributed by atoms with E-state index in [4.69, 9.17) is 0 Å². The molecule has 0 saturated heterocycles. The van der Waals surface area contributed by atoms with Crippen LogP contribution in [-0.2, 0) is 13.0 Å². The van der Waals surface area contributed by atoms with E-state index in [1.807, 2.05) is 22.9 Å². The molecule has 100 valence electrons. The Morgan fingerprint density at radius 3 is 2.68 bits per heavy atom. The topological polar surface area (TPSA) is 47.8 Å². The summed E-state index contributed by atoms with van der Waals surface area (Å²) < 4.78 is 1.87. The summed E-state index contributed by atoms with van der Waals surface area (Å²) in [5.74, 6) is 0. The monoisotopic (exact) mass is 257 g/mol. The van der Waals surface area contributed by atoms with Crippen LogP contribution in [0, 0.1) is 0 Å². The number of aryl methyl sites for hydroxylation is 1. The molecule has 4 nitrogen and oxygen atoms in total. The highest BCUT2D eigenvalue weighted by molar-refractivity contribution is 5.73. The maximum atomic E-state index is 11.0. The first kappa shape index (κ1) is 13.5. The zero-order valence-corrected chi connectivity index (χ0v) is 11.2. The molecule has 0 radical (unpaired) electrons. The van der Waals surface area contributed by atoms with Crippen LogP contribution in [0.2, 0.25) is 0 Å². The number of aromatic nitrogens is 3. The lowest BCUT2D eigenvalue weighted by molar-refractivity contribution is 0.111. The second-order valence-corrected chi connectivity index (χ2v) is 4.63. The van der Waals surface area contributed by atoms with Gasteiger partial charge in [0.15, 0.2) is 6.29 Å². The normalized spacial score (nSPS) is 10.6. The van der Waals surface area contributed by atoms with Crippen LogP contribution in [0.1, 0.15) is 47.9 Å². The van der Waals surface area contributed by atoms with Crippen molar-refractivity contribution in [3.8, 4) is 0 Å². The summed E-state index contributed by atoms with van der Waals surface area (Å²) in [6.45, 7) is 3.00. The van der Waals surface area contributed by atoms with Crippen molar-refractivity contribution in [2.45, 2.75) is 39.2 Å². The summed E-state index contributed by atoms with van der Waals surface area (Å²) in [7, 11) is 0. The average molecular weight is 257 g/mol. The third-order valence-corrected chi connectivity index (χ3v) is 3.17. The Morgan fingerprint density at radius 1 is 1.21 bits per heavy atom. The summed E-state index contributed by atoms with van der Waals surface area (Å²) in [5, 5.41) is 8.04. The predicted octanol–water partition coefficient (Wildman–Crippen LogP) is 2.87. The Labute approximate surface area is 113 Å². The van der Waals surface area contributed by atoms with Gasteiger partial charge in [-0.25, -0.2) is 4.68 Å². The van der Waals surface area contributed by atoms with E-state index in [1.165, 1.54) is 18.4 Å². The van der Waals surface area contributed by atoms with E-state index in [0.717, 1.165) is 24.9 Å². The molecule has 19 heavy (non-hydrogen) atoms. The van der Waals surface area contributed by atoms with Gasteiger partial charge in [-0.3, -0.25) is 4.79 Å². The molecule has 0 N–H and O–H groups in total. The van der Waals surface area contributed by atoms with Gasteiger partial charge in [-0.15, -0.1) is 5.10 Å². The quantitative estimate of drug-likeness (QED) is 0.566. The smallest absolute Gasteiger partial charge is 0.172 e. The number of hydrogen-bond acceptors (Lipinski definition) is 3. The van der Waals surface area contributed by atoms with Gasteiger partial charge in [-0.05, 0) is 12.0 Å². The molecule has 4 heteroatoms. The van der Waals surface area contributed by atoms with E-state index in [-0.39, 0.29) is 0 Å².